The van der Waals surface area contributed by atoms with Gasteiger partial charge in [0.15, 0.2) is 0 Å². The molecule has 3 heteroatoms. The fourth-order valence-electron chi connectivity index (χ4n) is 1.88. The van der Waals surface area contributed by atoms with Crippen molar-refractivity contribution in [3.63, 3.8) is 0 Å². The highest BCUT2D eigenvalue weighted by atomic mass is 16.2. The zero-order valence-electron chi connectivity index (χ0n) is 9.33. The van der Waals surface area contributed by atoms with Crippen molar-refractivity contribution in [3.05, 3.63) is 0 Å². The Kier molecular flexibility index (Phi) is 4.39. The highest BCUT2D eigenvalue weighted by molar-refractivity contribution is 5.79. The Balaban J connectivity index is 2.16. The molecule has 0 unspecified atom stereocenters. The van der Waals surface area contributed by atoms with E-state index in [4.69, 9.17) is 5.73 Å². The molecule has 0 aromatic rings. The molecule has 1 amide bonds. The first-order chi connectivity index (χ1) is 6.65. The van der Waals surface area contributed by atoms with Gasteiger partial charge in [-0.3, -0.25) is 4.79 Å². The van der Waals surface area contributed by atoms with Gasteiger partial charge >= 0.3 is 0 Å². The maximum Gasteiger partial charge on any atom is 0.225 e. The number of carbonyl (C=O) groups is 1. The van der Waals surface area contributed by atoms with Crippen LogP contribution >= 0.6 is 0 Å². The molecule has 1 rings (SSSR count). The molecule has 1 fully saturated rings. The van der Waals surface area contributed by atoms with Crippen LogP contribution in [0.5, 0.6) is 0 Å². The van der Waals surface area contributed by atoms with Gasteiger partial charge in [-0.25, -0.2) is 0 Å². The zero-order chi connectivity index (χ0) is 10.6. The number of nitrogens with zero attached hydrogens (tertiary/aromatic N) is 1. The lowest BCUT2D eigenvalue weighted by Crippen LogP contribution is -2.45. The maximum atomic E-state index is 11.7. The van der Waals surface area contributed by atoms with Crippen LogP contribution in [0, 0.1) is 5.92 Å². The minimum Gasteiger partial charge on any atom is -0.346 e. The lowest BCUT2D eigenvalue weighted by Gasteiger charge is -2.34. The van der Waals surface area contributed by atoms with E-state index < -0.39 is 0 Å². The molecule has 0 aromatic heterocycles. The van der Waals surface area contributed by atoms with Gasteiger partial charge in [0.25, 0.3) is 0 Å². The zero-order valence-corrected chi connectivity index (χ0v) is 9.33. The SMILES string of the molecule is CCCCCN(C)C(=O)C1CC(N)C1. The third-order valence-corrected chi connectivity index (χ3v) is 3.00. The molecule has 82 valence electrons. The Bertz CT molecular complexity index is 188. The first kappa shape index (κ1) is 11.5. The smallest absolute Gasteiger partial charge is 0.225 e. The highest BCUT2D eigenvalue weighted by Gasteiger charge is 2.33. The molecular formula is C11H22N2O. The number of unbranched alkanes of at least 4 members (excludes halogenated alkanes) is 2. The van der Waals surface area contributed by atoms with Gasteiger partial charge in [-0.15, -0.1) is 0 Å². The summed E-state index contributed by atoms with van der Waals surface area (Å²) < 4.78 is 0. The van der Waals surface area contributed by atoms with Gasteiger partial charge in [-0.2, -0.15) is 0 Å². The van der Waals surface area contributed by atoms with Crippen molar-refractivity contribution < 1.29 is 4.79 Å². The normalized spacial score (nSPS) is 25.6. The number of amides is 1. The van der Waals surface area contributed by atoms with Gasteiger partial charge < -0.3 is 10.6 Å². The summed E-state index contributed by atoms with van der Waals surface area (Å²) in [6.07, 6.45) is 5.31. The van der Waals surface area contributed by atoms with Gasteiger partial charge in [-0.05, 0) is 19.3 Å². The molecule has 1 aliphatic carbocycles. The van der Waals surface area contributed by atoms with Crippen molar-refractivity contribution in [2.24, 2.45) is 11.7 Å². The largest absolute Gasteiger partial charge is 0.346 e. The molecule has 1 saturated carbocycles. The van der Waals surface area contributed by atoms with Gasteiger partial charge in [0.1, 0.15) is 0 Å². The standard InChI is InChI=1S/C11H22N2O/c1-3-4-5-6-13(2)11(14)9-7-10(12)8-9/h9-10H,3-8,12H2,1-2H3. The van der Waals surface area contributed by atoms with Crippen molar-refractivity contribution in [3.8, 4) is 0 Å². The van der Waals surface area contributed by atoms with Crippen molar-refractivity contribution in [2.75, 3.05) is 13.6 Å². The average molecular weight is 198 g/mol. The number of rotatable bonds is 5. The first-order valence-corrected chi connectivity index (χ1v) is 5.65. The van der Waals surface area contributed by atoms with Crippen molar-refractivity contribution in [1.82, 2.24) is 4.90 Å². The van der Waals surface area contributed by atoms with Crippen LogP contribution in [0.25, 0.3) is 0 Å². The molecule has 14 heavy (non-hydrogen) atoms. The van der Waals surface area contributed by atoms with Crippen LogP contribution in [0.15, 0.2) is 0 Å². The van der Waals surface area contributed by atoms with Crippen LogP contribution < -0.4 is 5.73 Å². The van der Waals surface area contributed by atoms with Crippen LogP contribution in [0.1, 0.15) is 39.0 Å². The van der Waals surface area contributed by atoms with E-state index in [-0.39, 0.29) is 12.0 Å². The second-order valence-electron chi connectivity index (χ2n) is 4.40. The second kappa shape index (κ2) is 5.35. The Labute approximate surface area is 86.6 Å². The summed E-state index contributed by atoms with van der Waals surface area (Å²) in [5.74, 6) is 0.513. The van der Waals surface area contributed by atoms with Crippen LogP contribution in [0.4, 0.5) is 0 Å². The fourth-order valence-corrected chi connectivity index (χ4v) is 1.88. The van der Waals surface area contributed by atoms with Gasteiger partial charge in [0.05, 0.1) is 0 Å². The van der Waals surface area contributed by atoms with E-state index in [1.54, 1.807) is 0 Å². The Morgan fingerprint density at radius 2 is 2.07 bits per heavy atom. The quantitative estimate of drug-likeness (QED) is 0.678. The summed E-state index contributed by atoms with van der Waals surface area (Å²) in [5, 5.41) is 0. The predicted octanol–water partition coefficient (Wildman–Crippen LogP) is 1.37. The molecule has 0 atom stereocenters. The Morgan fingerprint density at radius 3 is 2.57 bits per heavy atom. The van der Waals surface area contributed by atoms with E-state index >= 15 is 0 Å². The molecule has 1 aliphatic rings. The molecule has 0 bridgehead atoms. The number of hydrogen-bond donors (Lipinski definition) is 1. The fraction of sp³-hybridized carbons (Fsp3) is 0.909. The molecule has 0 aliphatic heterocycles. The molecule has 2 N–H and O–H groups in total. The summed E-state index contributed by atoms with van der Waals surface area (Å²) in [6.45, 7) is 3.07. The van der Waals surface area contributed by atoms with Crippen molar-refractivity contribution in [1.29, 1.82) is 0 Å². The van der Waals surface area contributed by atoms with E-state index in [1.807, 2.05) is 11.9 Å². The predicted molar refractivity (Wildman–Crippen MR) is 57.9 cm³/mol. The summed E-state index contributed by atoms with van der Waals surface area (Å²) in [7, 11) is 1.90. The van der Waals surface area contributed by atoms with Crippen LogP contribution in [-0.2, 0) is 4.79 Å². The number of nitrogens with two attached hydrogens (primary N) is 1. The van der Waals surface area contributed by atoms with E-state index in [0.29, 0.717) is 5.91 Å². The number of carbonyl (C=O) groups excluding carboxylic acids is 1. The Hall–Kier alpha value is -0.570. The molecular weight excluding hydrogens is 176 g/mol. The van der Waals surface area contributed by atoms with Gasteiger partial charge in [-0.1, -0.05) is 19.8 Å². The minimum absolute atomic E-state index is 0.219. The minimum atomic E-state index is 0.219. The molecule has 0 aromatic carbocycles. The van der Waals surface area contributed by atoms with Crippen molar-refractivity contribution >= 4 is 5.91 Å². The van der Waals surface area contributed by atoms with E-state index in [2.05, 4.69) is 6.92 Å². The summed E-state index contributed by atoms with van der Waals surface area (Å²) >= 11 is 0. The molecule has 0 saturated heterocycles. The first-order valence-electron chi connectivity index (χ1n) is 5.65. The van der Waals surface area contributed by atoms with Gasteiger partial charge in [0, 0.05) is 25.6 Å². The summed E-state index contributed by atoms with van der Waals surface area (Å²) in [4.78, 5) is 13.6. The lowest BCUT2D eigenvalue weighted by molar-refractivity contribution is -0.137. The van der Waals surface area contributed by atoms with Crippen LogP contribution in [-0.4, -0.2) is 30.4 Å². The second-order valence-corrected chi connectivity index (χ2v) is 4.40. The van der Waals surface area contributed by atoms with E-state index in [0.717, 1.165) is 25.8 Å². The summed E-state index contributed by atoms with van der Waals surface area (Å²) in [6, 6.07) is 0.271. The Morgan fingerprint density at radius 1 is 1.43 bits per heavy atom. The van der Waals surface area contributed by atoms with E-state index in [9.17, 15) is 4.79 Å². The van der Waals surface area contributed by atoms with E-state index in [1.165, 1.54) is 12.8 Å². The molecule has 0 radical (unpaired) electrons. The number of hydrogen-bond acceptors (Lipinski definition) is 2. The lowest BCUT2D eigenvalue weighted by atomic mass is 9.80. The molecule has 0 heterocycles. The summed E-state index contributed by atoms with van der Waals surface area (Å²) in [5.41, 5.74) is 5.66. The molecule has 0 spiro atoms. The third-order valence-electron chi connectivity index (χ3n) is 3.00. The van der Waals surface area contributed by atoms with Gasteiger partial charge in [0.2, 0.25) is 5.91 Å². The highest BCUT2D eigenvalue weighted by Crippen LogP contribution is 2.27. The molecule has 3 nitrogen and oxygen atoms in total. The maximum absolute atomic E-state index is 11.7. The third kappa shape index (κ3) is 2.98. The van der Waals surface area contributed by atoms with Crippen LogP contribution in [0.3, 0.4) is 0 Å². The van der Waals surface area contributed by atoms with Crippen LogP contribution in [0.2, 0.25) is 0 Å². The topological polar surface area (TPSA) is 46.3 Å². The van der Waals surface area contributed by atoms with Crippen molar-refractivity contribution in [2.45, 2.75) is 45.1 Å². The average Bonchev–Trinajstić information content (AvgIpc) is 2.12. The monoisotopic (exact) mass is 198 g/mol.